The third-order valence-electron chi connectivity index (χ3n) is 4.13. The summed E-state index contributed by atoms with van der Waals surface area (Å²) in [6, 6.07) is 14.3. The summed E-state index contributed by atoms with van der Waals surface area (Å²) in [5.74, 6) is 0.391. The second kappa shape index (κ2) is 9.15. The Morgan fingerprint density at radius 2 is 1.52 bits per heavy atom. The van der Waals surface area contributed by atoms with E-state index in [4.69, 9.17) is 0 Å². The molecule has 0 atom stereocenters. The number of anilines is 1. The fourth-order valence-corrected chi connectivity index (χ4v) is 3.90. The molecule has 0 aliphatic carbocycles. The molecule has 0 unspecified atom stereocenters. The van der Waals surface area contributed by atoms with Crippen LogP contribution in [0, 0.1) is 0 Å². The SMILES string of the molecule is CC(C)NS(=O)(=O)c1ccc(CCC(=O)Nc2ccc(C(C)C)cc2)cc1. The number of carbonyl (C=O) groups excluding carboxylic acids is 1. The zero-order valence-electron chi connectivity index (χ0n) is 16.3. The maximum atomic E-state index is 12.1. The standard InChI is InChI=1S/C21H28N2O3S/c1-15(2)18-8-10-19(11-9-18)22-21(24)14-7-17-5-12-20(13-6-17)27(25,26)23-16(3)4/h5-6,8-13,15-16,23H,7,14H2,1-4H3,(H,22,24). The number of amides is 1. The average molecular weight is 389 g/mol. The molecule has 0 saturated carbocycles. The van der Waals surface area contributed by atoms with E-state index in [9.17, 15) is 13.2 Å². The number of aryl methyl sites for hydroxylation is 1. The minimum atomic E-state index is -3.49. The number of hydrogen-bond acceptors (Lipinski definition) is 3. The lowest BCUT2D eigenvalue weighted by Crippen LogP contribution is -2.30. The summed E-state index contributed by atoms with van der Waals surface area (Å²) >= 11 is 0. The van der Waals surface area contributed by atoms with E-state index in [2.05, 4.69) is 23.9 Å². The van der Waals surface area contributed by atoms with Crippen LogP contribution in [0.5, 0.6) is 0 Å². The number of hydrogen-bond donors (Lipinski definition) is 2. The largest absolute Gasteiger partial charge is 0.326 e. The summed E-state index contributed by atoms with van der Waals surface area (Å²) in [4.78, 5) is 12.4. The van der Waals surface area contributed by atoms with Gasteiger partial charge in [-0.15, -0.1) is 0 Å². The molecule has 2 aromatic rings. The Bertz CT molecular complexity index is 855. The number of nitrogens with one attached hydrogen (secondary N) is 2. The van der Waals surface area contributed by atoms with Gasteiger partial charge in [0.25, 0.3) is 0 Å². The average Bonchev–Trinajstić information content (AvgIpc) is 2.60. The Morgan fingerprint density at radius 3 is 2.04 bits per heavy atom. The van der Waals surface area contributed by atoms with Crippen molar-refractivity contribution in [1.29, 1.82) is 0 Å². The quantitative estimate of drug-likeness (QED) is 0.716. The van der Waals surface area contributed by atoms with Crippen molar-refractivity contribution in [1.82, 2.24) is 4.72 Å². The van der Waals surface area contributed by atoms with E-state index in [0.29, 0.717) is 18.8 Å². The second-order valence-corrected chi connectivity index (χ2v) is 8.96. The third kappa shape index (κ3) is 6.48. The van der Waals surface area contributed by atoms with Crippen LogP contribution in [-0.2, 0) is 21.2 Å². The molecule has 2 N–H and O–H groups in total. The van der Waals surface area contributed by atoms with Crippen LogP contribution in [0.15, 0.2) is 53.4 Å². The van der Waals surface area contributed by atoms with E-state index >= 15 is 0 Å². The third-order valence-corrected chi connectivity index (χ3v) is 5.80. The topological polar surface area (TPSA) is 75.3 Å². The molecule has 0 bridgehead atoms. The van der Waals surface area contributed by atoms with Crippen LogP contribution in [0.2, 0.25) is 0 Å². The Labute approximate surface area is 162 Å². The monoisotopic (exact) mass is 388 g/mol. The van der Waals surface area contributed by atoms with Gasteiger partial charge in [-0.1, -0.05) is 38.1 Å². The zero-order valence-corrected chi connectivity index (χ0v) is 17.1. The predicted molar refractivity (Wildman–Crippen MR) is 109 cm³/mol. The highest BCUT2D eigenvalue weighted by atomic mass is 32.2. The highest BCUT2D eigenvalue weighted by molar-refractivity contribution is 7.89. The Balaban J connectivity index is 1.89. The Kier molecular flexibility index (Phi) is 7.16. The second-order valence-electron chi connectivity index (χ2n) is 7.24. The van der Waals surface area contributed by atoms with Crippen molar-refractivity contribution in [3.8, 4) is 0 Å². The maximum absolute atomic E-state index is 12.1. The summed E-state index contributed by atoms with van der Waals surface area (Å²) < 4.78 is 26.8. The number of sulfonamides is 1. The molecule has 0 aliphatic heterocycles. The van der Waals surface area contributed by atoms with Gasteiger partial charge in [0.05, 0.1) is 4.90 Å². The summed E-state index contributed by atoms with van der Waals surface area (Å²) in [6.07, 6.45) is 0.885. The Morgan fingerprint density at radius 1 is 0.926 bits per heavy atom. The van der Waals surface area contributed by atoms with Gasteiger partial charge in [-0.25, -0.2) is 13.1 Å². The molecule has 0 aliphatic rings. The van der Waals surface area contributed by atoms with Crippen LogP contribution in [0.1, 0.15) is 51.2 Å². The summed E-state index contributed by atoms with van der Waals surface area (Å²) in [5, 5.41) is 2.89. The fraction of sp³-hybridized carbons (Fsp3) is 0.381. The molecule has 2 rings (SSSR count). The minimum absolute atomic E-state index is 0.0644. The minimum Gasteiger partial charge on any atom is -0.326 e. The van der Waals surface area contributed by atoms with Crippen LogP contribution in [0.25, 0.3) is 0 Å². The molecule has 0 saturated heterocycles. The van der Waals surface area contributed by atoms with Crippen molar-refractivity contribution in [2.75, 3.05) is 5.32 Å². The van der Waals surface area contributed by atoms with Gasteiger partial charge < -0.3 is 5.32 Å². The van der Waals surface area contributed by atoms with Crippen LogP contribution in [0.3, 0.4) is 0 Å². The number of carbonyl (C=O) groups is 1. The highest BCUT2D eigenvalue weighted by Gasteiger charge is 2.15. The van der Waals surface area contributed by atoms with Crippen LogP contribution < -0.4 is 10.0 Å². The van der Waals surface area contributed by atoms with E-state index in [1.54, 1.807) is 38.1 Å². The van der Waals surface area contributed by atoms with Crippen molar-refractivity contribution in [2.45, 2.75) is 57.4 Å². The summed E-state index contributed by atoms with van der Waals surface area (Å²) in [6.45, 7) is 7.81. The molecule has 0 spiro atoms. The summed E-state index contributed by atoms with van der Waals surface area (Å²) in [5.41, 5.74) is 2.93. The van der Waals surface area contributed by atoms with E-state index in [-0.39, 0.29) is 16.8 Å². The van der Waals surface area contributed by atoms with Gasteiger partial charge >= 0.3 is 0 Å². The predicted octanol–water partition coefficient (Wildman–Crippen LogP) is 4.07. The molecule has 27 heavy (non-hydrogen) atoms. The smallest absolute Gasteiger partial charge is 0.240 e. The lowest BCUT2D eigenvalue weighted by atomic mass is 10.0. The molecule has 0 fully saturated rings. The molecule has 0 heterocycles. The molecule has 146 valence electrons. The zero-order chi connectivity index (χ0) is 20.0. The highest BCUT2D eigenvalue weighted by Crippen LogP contribution is 2.17. The van der Waals surface area contributed by atoms with Crippen molar-refractivity contribution in [2.24, 2.45) is 0 Å². The molecule has 0 aromatic heterocycles. The van der Waals surface area contributed by atoms with E-state index in [0.717, 1.165) is 11.3 Å². The molecule has 0 radical (unpaired) electrons. The normalized spacial score (nSPS) is 11.8. The van der Waals surface area contributed by atoms with Crippen molar-refractivity contribution >= 4 is 21.6 Å². The first-order valence-electron chi connectivity index (χ1n) is 9.18. The molecular formula is C21H28N2O3S. The van der Waals surface area contributed by atoms with E-state index in [1.807, 2.05) is 24.3 Å². The van der Waals surface area contributed by atoms with Gasteiger partial charge in [0.15, 0.2) is 0 Å². The first-order valence-corrected chi connectivity index (χ1v) is 10.7. The van der Waals surface area contributed by atoms with Gasteiger partial charge in [0, 0.05) is 18.2 Å². The lowest BCUT2D eigenvalue weighted by Gasteiger charge is -2.10. The first kappa shape index (κ1) is 21.1. The Hall–Kier alpha value is -2.18. The van der Waals surface area contributed by atoms with Gasteiger partial charge in [-0.3, -0.25) is 4.79 Å². The van der Waals surface area contributed by atoms with Crippen molar-refractivity contribution < 1.29 is 13.2 Å². The first-order chi connectivity index (χ1) is 12.7. The molecular weight excluding hydrogens is 360 g/mol. The van der Waals surface area contributed by atoms with Gasteiger partial charge in [0.1, 0.15) is 0 Å². The van der Waals surface area contributed by atoms with Crippen molar-refractivity contribution in [3.63, 3.8) is 0 Å². The van der Waals surface area contributed by atoms with Gasteiger partial charge in [-0.05, 0) is 61.6 Å². The van der Waals surface area contributed by atoms with Crippen LogP contribution >= 0.6 is 0 Å². The van der Waals surface area contributed by atoms with Crippen LogP contribution in [-0.4, -0.2) is 20.4 Å². The van der Waals surface area contributed by atoms with E-state index in [1.165, 1.54) is 5.56 Å². The molecule has 6 heteroatoms. The van der Waals surface area contributed by atoms with Crippen LogP contribution in [0.4, 0.5) is 5.69 Å². The fourth-order valence-electron chi connectivity index (χ4n) is 2.65. The lowest BCUT2D eigenvalue weighted by molar-refractivity contribution is -0.116. The summed E-state index contributed by atoms with van der Waals surface area (Å²) in [7, 11) is -3.49. The maximum Gasteiger partial charge on any atom is 0.240 e. The van der Waals surface area contributed by atoms with Crippen molar-refractivity contribution in [3.05, 3.63) is 59.7 Å². The molecule has 1 amide bonds. The molecule has 2 aromatic carbocycles. The van der Waals surface area contributed by atoms with E-state index < -0.39 is 10.0 Å². The van der Waals surface area contributed by atoms with Gasteiger partial charge in [0.2, 0.25) is 15.9 Å². The number of benzene rings is 2. The number of rotatable bonds is 8. The van der Waals surface area contributed by atoms with Gasteiger partial charge in [-0.2, -0.15) is 0 Å². The molecule has 5 nitrogen and oxygen atoms in total.